The van der Waals surface area contributed by atoms with Gasteiger partial charge >= 0.3 is 26.2 Å². The summed E-state index contributed by atoms with van der Waals surface area (Å²) in [7, 11) is -1.23. The van der Waals surface area contributed by atoms with Crippen LogP contribution in [0, 0.1) is 82.9 Å². The van der Waals surface area contributed by atoms with Gasteiger partial charge in [0.15, 0.2) is 0 Å². The van der Waals surface area contributed by atoms with Crippen LogP contribution in [-0.4, -0.2) is 8.07 Å². The number of rotatable bonds is 2. The molecule has 0 aromatic heterocycles. The molecule has 0 aliphatic heterocycles. The summed E-state index contributed by atoms with van der Waals surface area (Å²) < 4.78 is 0. The number of benzene rings is 1. The van der Waals surface area contributed by atoms with Gasteiger partial charge in [0.2, 0.25) is 0 Å². The van der Waals surface area contributed by atoms with Crippen LogP contribution < -0.4 is 0 Å². The summed E-state index contributed by atoms with van der Waals surface area (Å²) >= 11 is 0. The first-order valence-corrected chi connectivity index (χ1v) is 11.8. The van der Waals surface area contributed by atoms with Gasteiger partial charge < -0.3 is 16.8 Å². The largest absolute Gasteiger partial charge is 2.00 e. The van der Waals surface area contributed by atoms with Crippen LogP contribution in [0.4, 0.5) is 0 Å². The molecule has 2 fully saturated rings. The molecule has 2 heteroatoms. The number of hydrogen-bond donors (Lipinski definition) is 0. The molecule has 0 bridgehead atoms. The Hall–Kier alpha value is 0.0600. The summed E-state index contributed by atoms with van der Waals surface area (Å²) in [6.07, 6.45) is 20.0. The maximum Gasteiger partial charge on any atom is 2.00 e. The maximum atomic E-state index is 3.59. The monoisotopic (exact) mass is 422 g/mol. The average molecular weight is 424 g/mol. The smallest absolute Gasteiger partial charge is 0.328 e. The quantitative estimate of drug-likeness (QED) is 0.409. The molecule has 3 rings (SSSR count). The Morgan fingerprint density at radius 3 is 1.52 bits per heavy atom. The molecule has 0 spiro atoms. The summed E-state index contributed by atoms with van der Waals surface area (Å²) in [6, 6.07) is 9.61. The fraction of sp³-hybridized carbons (Fsp3) is 0.217. The van der Waals surface area contributed by atoms with Gasteiger partial charge in [-0.2, -0.15) is 11.6 Å². The van der Waals surface area contributed by atoms with E-state index >= 15 is 0 Å². The molecule has 0 unspecified atom stereocenters. The summed E-state index contributed by atoms with van der Waals surface area (Å²) in [5.74, 6) is 0. The molecule has 25 heavy (non-hydrogen) atoms. The van der Waals surface area contributed by atoms with Crippen LogP contribution in [0.25, 0.3) is 5.57 Å². The molecule has 1 aromatic carbocycles. The van der Waals surface area contributed by atoms with Crippen LogP contribution in [0.2, 0.25) is 19.6 Å². The zero-order chi connectivity index (χ0) is 17.8. The van der Waals surface area contributed by atoms with E-state index in [-0.39, 0.29) is 26.2 Å². The first kappa shape index (κ1) is 25.1. The van der Waals surface area contributed by atoms with E-state index in [2.05, 4.69) is 63.5 Å². The van der Waals surface area contributed by atoms with Crippen LogP contribution >= 0.6 is 0 Å². The number of aryl methyl sites for hydroxylation is 1. The van der Waals surface area contributed by atoms with Gasteiger partial charge in [-0.15, -0.1) is 13.0 Å². The second-order valence-corrected chi connectivity index (χ2v) is 11.4. The van der Waals surface area contributed by atoms with Gasteiger partial charge in [-0.25, -0.2) is 12.1 Å². The zero-order valence-electron chi connectivity index (χ0n) is 16.0. The van der Waals surface area contributed by atoms with Gasteiger partial charge in [-0.1, -0.05) is 26.6 Å². The van der Waals surface area contributed by atoms with Crippen molar-refractivity contribution in [2.24, 2.45) is 0 Å². The SMILES string of the molecule is CC(=[C-][Si](C)(C)C)c1[c-]c(C)ccc1.[CH]1[CH][CH][CH][CH]1.[CH]1[CH][CH][CH][CH]1.[Zr+2]. The van der Waals surface area contributed by atoms with Crippen molar-refractivity contribution in [3.05, 3.63) is 105 Å². The van der Waals surface area contributed by atoms with E-state index in [1.54, 1.807) is 0 Å². The summed E-state index contributed by atoms with van der Waals surface area (Å²) in [4.78, 5) is 0. The molecule has 0 amide bonds. The Labute approximate surface area is 178 Å². The minimum atomic E-state index is -1.23. The normalized spacial score (nSPS) is 16.9. The first-order chi connectivity index (χ1) is 11.4. The predicted octanol–water partition coefficient (Wildman–Crippen LogP) is 5.92. The second-order valence-electron chi connectivity index (χ2n) is 6.67. The third-order valence-electron chi connectivity index (χ3n) is 3.02. The van der Waals surface area contributed by atoms with E-state index in [0.717, 1.165) is 0 Å². The van der Waals surface area contributed by atoms with E-state index < -0.39 is 8.07 Å². The Kier molecular flexibility index (Phi) is 14.2. The summed E-state index contributed by atoms with van der Waals surface area (Å²) in [5, 5.41) is 0. The number of allylic oxidation sites excluding steroid dienone is 1. The van der Waals surface area contributed by atoms with Gasteiger partial charge in [0.05, 0.1) is 0 Å². The molecule has 128 valence electrons. The molecule has 2 saturated carbocycles. The molecule has 0 nitrogen and oxygen atoms in total. The standard InChI is InChI=1S/C13H18Si.2C5H5.Zr/c1-11-7-6-8-13(9-11)12(2)10-14(3,4)5;2*1-2-4-5-3-1;/h6-8H,1-5H3;2*1-5H;/q-2;;;+2. The van der Waals surface area contributed by atoms with Crippen molar-refractivity contribution in [3.8, 4) is 0 Å². The molecular weight excluding hydrogens is 396 g/mol. The van der Waals surface area contributed by atoms with E-state index in [4.69, 9.17) is 0 Å². The van der Waals surface area contributed by atoms with Crippen LogP contribution in [0.3, 0.4) is 0 Å². The molecule has 2 aliphatic rings. The maximum absolute atomic E-state index is 3.59. The van der Waals surface area contributed by atoms with Gasteiger partial charge in [-0.05, 0) is 72.3 Å². The van der Waals surface area contributed by atoms with Crippen molar-refractivity contribution in [2.75, 3.05) is 0 Å². The van der Waals surface area contributed by atoms with Crippen LogP contribution in [0.15, 0.2) is 18.2 Å². The first-order valence-electron chi connectivity index (χ1n) is 8.33. The fourth-order valence-electron chi connectivity index (χ4n) is 2.07. The van der Waals surface area contributed by atoms with Crippen molar-refractivity contribution in [3.63, 3.8) is 0 Å². The molecule has 0 saturated heterocycles. The Morgan fingerprint density at radius 1 is 0.800 bits per heavy atom. The van der Waals surface area contributed by atoms with Crippen molar-refractivity contribution in [1.82, 2.24) is 0 Å². The average Bonchev–Trinajstić information content (AvgIpc) is 3.24. The van der Waals surface area contributed by atoms with Crippen LogP contribution in [-0.2, 0) is 26.2 Å². The molecule has 0 atom stereocenters. The molecule has 0 heterocycles. The fourth-order valence-corrected chi connectivity index (χ4v) is 3.33. The van der Waals surface area contributed by atoms with Crippen molar-refractivity contribution >= 4 is 13.6 Å². The molecule has 0 N–H and O–H groups in total. The minimum absolute atomic E-state index is 0. The van der Waals surface area contributed by atoms with Crippen LogP contribution in [0.1, 0.15) is 18.1 Å². The van der Waals surface area contributed by atoms with E-state index in [1.165, 1.54) is 16.7 Å². The zero-order valence-corrected chi connectivity index (χ0v) is 19.5. The van der Waals surface area contributed by atoms with Crippen molar-refractivity contribution < 1.29 is 26.2 Å². The van der Waals surface area contributed by atoms with E-state index in [1.807, 2.05) is 64.2 Å². The van der Waals surface area contributed by atoms with E-state index in [0.29, 0.717) is 0 Å². The topological polar surface area (TPSA) is 0 Å². The van der Waals surface area contributed by atoms with Gasteiger partial charge in [0.1, 0.15) is 0 Å². The second kappa shape index (κ2) is 14.2. The van der Waals surface area contributed by atoms with Crippen molar-refractivity contribution in [1.29, 1.82) is 0 Å². The van der Waals surface area contributed by atoms with Gasteiger partial charge in [0.25, 0.3) is 0 Å². The third kappa shape index (κ3) is 13.9. The molecule has 10 radical (unpaired) electrons. The molecular formula is C23H28SiZr. The summed E-state index contributed by atoms with van der Waals surface area (Å²) in [6.45, 7) is 11.1. The van der Waals surface area contributed by atoms with E-state index in [9.17, 15) is 0 Å². The third-order valence-corrected chi connectivity index (χ3v) is 4.14. The van der Waals surface area contributed by atoms with Gasteiger partial charge in [-0.3, -0.25) is 0 Å². The van der Waals surface area contributed by atoms with Gasteiger partial charge in [0, 0.05) is 0 Å². The molecule has 1 aromatic rings. The Morgan fingerprint density at radius 2 is 1.20 bits per heavy atom. The minimum Gasteiger partial charge on any atom is -0.328 e. The van der Waals surface area contributed by atoms with Crippen LogP contribution in [0.5, 0.6) is 0 Å². The Bertz CT molecular complexity index is 452. The summed E-state index contributed by atoms with van der Waals surface area (Å²) in [5.41, 5.74) is 7.21. The Balaban J connectivity index is 0.000000425. The number of hydrogen-bond acceptors (Lipinski definition) is 0. The molecule has 2 aliphatic carbocycles. The predicted molar refractivity (Wildman–Crippen MR) is 109 cm³/mol. The van der Waals surface area contributed by atoms with Crippen molar-refractivity contribution in [2.45, 2.75) is 33.5 Å².